The Balaban J connectivity index is 1.42. The van der Waals surface area contributed by atoms with Crippen LogP contribution in [0.4, 0.5) is 0 Å². The quantitative estimate of drug-likeness (QED) is 0.468. The Morgan fingerprint density at radius 3 is 2.67 bits per heavy atom. The largest absolute Gasteiger partial charge is 0.489 e. The van der Waals surface area contributed by atoms with Crippen LogP contribution in [0, 0.1) is 20.8 Å². The summed E-state index contributed by atoms with van der Waals surface area (Å²) >= 11 is 0. The van der Waals surface area contributed by atoms with E-state index in [1.54, 1.807) is 7.05 Å². The maximum absolute atomic E-state index is 12.4. The Morgan fingerprint density at radius 1 is 1.09 bits per heavy atom. The number of tetrazole rings is 1. The van der Waals surface area contributed by atoms with Crippen LogP contribution in [0.25, 0.3) is 16.9 Å². The number of rotatable bonds is 5. The molecule has 5 rings (SSSR count). The Morgan fingerprint density at radius 2 is 1.94 bits per heavy atom. The van der Waals surface area contributed by atoms with Crippen molar-refractivity contribution in [2.45, 2.75) is 40.3 Å². The molecule has 0 saturated heterocycles. The number of benzene rings is 2. The molecule has 0 fully saturated rings. The number of fused-ring (bicyclic) bond motifs is 1. The molecule has 0 saturated carbocycles. The third-order valence-corrected chi connectivity index (χ3v) is 6.04. The van der Waals surface area contributed by atoms with Gasteiger partial charge in [0.05, 0.1) is 18.0 Å². The van der Waals surface area contributed by atoms with E-state index in [1.165, 1.54) is 9.36 Å². The van der Waals surface area contributed by atoms with Crippen LogP contribution in [0.15, 0.2) is 41.2 Å². The second kappa shape index (κ2) is 8.23. The van der Waals surface area contributed by atoms with Crippen LogP contribution in [0.2, 0.25) is 0 Å². The second-order valence-corrected chi connectivity index (χ2v) is 8.34. The Kier molecular flexibility index (Phi) is 5.24. The molecule has 0 atom stereocenters. The Hall–Kier alpha value is -3.88. The van der Waals surface area contributed by atoms with Crippen LogP contribution in [0.5, 0.6) is 11.6 Å². The summed E-state index contributed by atoms with van der Waals surface area (Å²) < 4.78 is 16.5. The minimum Gasteiger partial charge on any atom is -0.489 e. The molecule has 170 valence electrons. The van der Waals surface area contributed by atoms with E-state index >= 15 is 0 Å². The molecule has 0 radical (unpaired) electrons. The summed E-state index contributed by atoms with van der Waals surface area (Å²) in [6.45, 7) is 7.98. The molecule has 33 heavy (non-hydrogen) atoms. The fourth-order valence-corrected chi connectivity index (χ4v) is 4.17. The van der Waals surface area contributed by atoms with Gasteiger partial charge in [-0.2, -0.15) is 14.5 Å². The number of aryl methyl sites for hydroxylation is 4. The molecule has 2 aromatic heterocycles. The molecular formula is C24H26N6O3. The van der Waals surface area contributed by atoms with Crippen molar-refractivity contribution in [1.29, 1.82) is 0 Å². The van der Waals surface area contributed by atoms with Gasteiger partial charge in [0.2, 0.25) is 5.88 Å². The van der Waals surface area contributed by atoms with Crippen molar-refractivity contribution in [2.24, 2.45) is 7.05 Å². The van der Waals surface area contributed by atoms with E-state index in [0.717, 1.165) is 64.7 Å². The molecular weight excluding hydrogens is 420 g/mol. The molecule has 9 heteroatoms. The number of nitrogens with zero attached hydrogens (tertiary/aromatic N) is 6. The molecule has 0 bridgehead atoms. The molecule has 0 N–H and O–H groups in total. The van der Waals surface area contributed by atoms with Gasteiger partial charge >= 0.3 is 5.69 Å². The summed E-state index contributed by atoms with van der Waals surface area (Å²) in [6.07, 6.45) is 0.973. The van der Waals surface area contributed by atoms with Gasteiger partial charge in [0.15, 0.2) is 0 Å². The highest BCUT2D eigenvalue weighted by molar-refractivity contribution is 5.67. The molecule has 0 spiro atoms. The van der Waals surface area contributed by atoms with Crippen molar-refractivity contribution in [2.75, 3.05) is 6.61 Å². The van der Waals surface area contributed by atoms with Gasteiger partial charge in [-0.25, -0.2) is 9.48 Å². The standard InChI is InChI=1S/C24H26N6O3/c1-15-7-5-8-20(30-24(31)28(4)26-27-30)19(15)14-33-21-10-9-18(13-16(21)2)22-17(3)23-29(25-22)11-6-12-32-23/h5,7-10,13H,6,11-12,14H2,1-4H3. The van der Waals surface area contributed by atoms with Crippen LogP contribution in [-0.4, -0.2) is 36.2 Å². The summed E-state index contributed by atoms with van der Waals surface area (Å²) in [7, 11) is 1.58. The third-order valence-electron chi connectivity index (χ3n) is 6.04. The van der Waals surface area contributed by atoms with E-state index in [4.69, 9.17) is 14.6 Å². The number of hydrogen-bond donors (Lipinski definition) is 0. The maximum atomic E-state index is 12.4. The highest BCUT2D eigenvalue weighted by Crippen LogP contribution is 2.34. The summed E-state index contributed by atoms with van der Waals surface area (Å²) in [6, 6.07) is 11.8. The molecule has 3 heterocycles. The van der Waals surface area contributed by atoms with Crippen molar-refractivity contribution in [3.8, 4) is 28.6 Å². The van der Waals surface area contributed by atoms with Gasteiger partial charge in [-0.05, 0) is 66.6 Å². The number of ether oxygens (including phenoxy) is 2. The summed E-state index contributed by atoms with van der Waals surface area (Å²) in [4.78, 5) is 12.4. The average molecular weight is 447 g/mol. The monoisotopic (exact) mass is 446 g/mol. The molecule has 4 aromatic rings. The lowest BCUT2D eigenvalue weighted by molar-refractivity contribution is 0.229. The minimum absolute atomic E-state index is 0.301. The van der Waals surface area contributed by atoms with Gasteiger partial charge in [-0.1, -0.05) is 12.1 Å². The van der Waals surface area contributed by atoms with Gasteiger partial charge in [0, 0.05) is 36.7 Å². The van der Waals surface area contributed by atoms with Gasteiger partial charge in [-0.3, -0.25) is 0 Å². The van der Waals surface area contributed by atoms with Crippen LogP contribution in [-0.2, 0) is 20.2 Å². The number of hydrogen-bond acceptors (Lipinski definition) is 6. The lowest BCUT2D eigenvalue weighted by Crippen LogP contribution is -2.23. The zero-order valence-corrected chi connectivity index (χ0v) is 19.2. The van der Waals surface area contributed by atoms with Crippen molar-refractivity contribution in [1.82, 2.24) is 29.6 Å². The Bertz CT molecular complexity index is 1400. The normalized spacial score (nSPS) is 13.0. The molecule has 1 aliphatic rings. The van der Waals surface area contributed by atoms with Gasteiger partial charge < -0.3 is 9.47 Å². The van der Waals surface area contributed by atoms with Gasteiger partial charge in [0.1, 0.15) is 12.4 Å². The number of aromatic nitrogens is 6. The minimum atomic E-state index is -0.301. The van der Waals surface area contributed by atoms with Crippen LogP contribution >= 0.6 is 0 Å². The van der Waals surface area contributed by atoms with Crippen LogP contribution in [0.3, 0.4) is 0 Å². The second-order valence-electron chi connectivity index (χ2n) is 8.34. The third kappa shape index (κ3) is 3.69. The highest BCUT2D eigenvalue weighted by Gasteiger charge is 2.20. The summed E-state index contributed by atoms with van der Waals surface area (Å²) in [5, 5.41) is 12.6. The summed E-state index contributed by atoms with van der Waals surface area (Å²) in [5.41, 5.74) is 6.30. The predicted octanol–water partition coefficient (Wildman–Crippen LogP) is 3.12. The van der Waals surface area contributed by atoms with E-state index in [-0.39, 0.29) is 5.69 Å². The highest BCUT2D eigenvalue weighted by atomic mass is 16.5. The maximum Gasteiger partial charge on any atom is 0.368 e. The van der Waals surface area contributed by atoms with E-state index in [2.05, 4.69) is 16.5 Å². The van der Waals surface area contributed by atoms with Crippen LogP contribution < -0.4 is 15.2 Å². The van der Waals surface area contributed by atoms with E-state index in [0.29, 0.717) is 12.3 Å². The molecule has 9 nitrogen and oxygen atoms in total. The van der Waals surface area contributed by atoms with E-state index in [1.807, 2.05) is 55.8 Å². The first-order valence-corrected chi connectivity index (χ1v) is 11.0. The predicted molar refractivity (Wildman–Crippen MR) is 123 cm³/mol. The van der Waals surface area contributed by atoms with E-state index < -0.39 is 0 Å². The molecule has 1 aliphatic heterocycles. The fourth-order valence-electron chi connectivity index (χ4n) is 4.17. The fraction of sp³-hybridized carbons (Fsp3) is 0.333. The first kappa shape index (κ1) is 21.0. The van der Waals surface area contributed by atoms with Crippen molar-refractivity contribution in [3.05, 3.63) is 69.1 Å². The average Bonchev–Trinajstić information content (AvgIpc) is 3.33. The molecule has 0 amide bonds. The lowest BCUT2D eigenvalue weighted by atomic mass is 10.0. The first-order chi connectivity index (χ1) is 15.9. The molecule has 0 unspecified atom stereocenters. The van der Waals surface area contributed by atoms with Crippen molar-refractivity contribution < 1.29 is 9.47 Å². The zero-order chi connectivity index (χ0) is 23.1. The van der Waals surface area contributed by atoms with Gasteiger partial charge in [-0.15, -0.1) is 0 Å². The van der Waals surface area contributed by atoms with Crippen molar-refractivity contribution in [3.63, 3.8) is 0 Å². The SMILES string of the molecule is Cc1cc(-c2nn3c(c2C)OCCC3)ccc1OCc1c(C)cccc1-n1nnn(C)c1=O. The molecule has 0 aliphatic carbocycles. The van der Waals surface area contributed by atoms with Crippen LogP contribution in [0.1, 0.15) is 28.7 Å². The smallest absolute Gasteiger partial charge is 0.368 e. The van der Waals surface area contributed by atoms with E-state index in [9.17, 15) is 4.79 Å². The van der Waals surface area contributed by atoms with Crippen molar-refractivity contribution >= 4 is 0 Å². The van der Waals surface area contributed by atoms with Gasteiger partial charge in [0.25, 0.3) is 0 Å². The molecule has 2 aromatic carbocycles. The summed E-state index contributed by atoms with van der Waals surface area (Å²) in [5.74, 6) is 1.64. The lowest BCUT2D eigenvalue weighted by Gasteiger charge is -2.15. The topological polar surface area (TPSA) is 89.0 Å². The Labute approximate surface area is 191 Å². The zero-order valence-electron chi connectivity index (χ0n) is 19.2. The first-order valence-electron chi connectivity index (χ1n) is 11.0.